The Kier molecular flexibility index (Phi) is 2.15. The molecule has 0 spiro atoms. The number of rotatable bonds is 0. The molecule has 1 saturated heterocycles. The summed E-state index contributed by atoms with van der Waals surface area (Å²) in [6.45, 7) is 0. The summed E-state index contributed by atoms with van der Waals surface area (Å²) in [4.78, 5) is 0.273. The number of hydrogen-bond donors (Lipinski definition) is 0. The topological polar surface area (TPSA) is 9.23 Å². The van der Waals surface area contributed by atoms with Gasteiger partial charge in [0.2, 0.25) is 0 Å². The van der Waals surface area contributed by atoms with Gasteiger partial charge in [0.15, 0.2) is 0 Å². The summed E-state index contributed by atoms with van der Waals surface area (Å²) in [6, 6.07) is 8.40. The fourth-order valence-electron chi connectivity index (χ4n) is 2.17. The Bertz CT molecular complexity index is 391. The lowest BCUT2D eigenvalue weighted by Gasteiger charge is -2.28. The molecule has 2 heterocycles. The van der Waals surface area contributed by atoms with Crippen LogP contribution in [0.4, 0.5) is 0 Å². The number of halogens is 3. The van der Waals surface area contributed by atoms with E-state index in [1.54, 1.807) is 0 Å². The van der Waals surface area contributed by atoms with Gasteiger partial charge in [0.1, 0.15) is 9.34 Å². The Hall–Kier alpha value is 0.620. The lowest BCUT2D eigenvalue weighted by Crippen LogP contribution is -2.30. The first-order chi connectivity index (χ1) is 6.62. The fourth-order valence-corrected chi connectivity index (χ4v) is 4.01. The van der Waals surface area contributed by atoms with Crippen molar-refractivity contribution >= 4 is 47.8 Å². The molecule has 2 bridgehead atoms. The minimum atomic E-state index is -0.168. The maximum atomic E-state index is 5.93. The summed E-state index contributed by atoms with van der Waals surface area (Å²) in [5.41, 5.74) is 2.61. The van der Waals surface area contributed by atoms with Crippen molar-refractivity contribution in [3.63, 3.8) is 0 Å². The van der Waals surface area contributed by atoms with E-state index >= 15 is 0 Å². The van der Waals surface area contributed by atoms with Crippen molar-refractivity contribution in [2.75, 3.05) is 0 Å². The van der Waals surface area contributed by atoms with Crippen LogP contribution in [0.2, 0.25) is 0 Å². The molecule has 1 aromatic carbocycles. The van der Waals surface area contributed by atoms with Crippen LogP contribution in [0.1, 0.15) is 23.3 Å². The molecular formula is C10H7Br3O. The van der Waals surface area contributed by atoms with E-state index in [0.29, 0.717) is 0 Å². The summed E-state index contributed by atoms with van der Waals surface area (Å²) < 4.78 is 5.76. The van der Waals surface area contributed by atoms with E-state index in [2.05, 4.69) is 72.1 Å². The Morgan fingerprint density at radius 1 is 1.14 bits per heavy atom. The van der Waals surface area contributed by atoms with Crippen LogP contribution in [0, 0.1) is 0 Å². The maximum absolute atomic E-state index is 5.93. The second kappa shape index (κ2) is 3.06. The lowest BCUT2D eigenvalue weighted by molar-refractivity contribution is 0.0731. The van der Waals surface area contributed by atoms with Crippen LogP contribution in [0.25, 0.3) is 0 Å². The van der Waals surface area contributed by atoms with Crippen molar-refractivity contribution < 1.29 is 4.74 Å². The molecule has 0 aliphatic carbocycles. The Morgan fingerprint density at radius 3 is 2.50 bits per heavy atom. The van der Waals surface area contributed by atoms with Gasteiger partial charge in [-0.25, -0.2) is 0 Å². The van der Waals surface area contributed by atoms with Crippen molar-refractivity contribution in [1.82, 2.24) is 0 Å². The van der Waals surface area contributed by atoms with Gasteiger partial charge in [-0.15, -0.1) is 0 Å². The second-order valence-corrected chi connectivity index (χ2v) is 8.32. The molecule has 2 aliphatic heterocycles. The second-order valence-electron chi connectivity index (χ2n) is 3.64. The molecule has 4 heteroatoms. The van der Waals surface area contributed by atoms with Crippen LogP contribution in [0.3, 0.4) is 0 Å². The largest absolute Gasteiger partial charge is 0.362 e. The van der Waals surface area contributed by atoms with Crippen LogP contribution in [-0.2, 0) is 4.74 Å². The van der Waals surface area contributed by atoms with Crippen molar-refractivity contribution in [3.05, 3.63) is 35.4 Å². The van der Waals surface area contributed by atoms with E-state index in [1.165, 1.54) is 11.1 Å². The first-order valence-electron chi connectivity index (χ1n) is 4.38. The maximum Gasteiger partial charge on any atom is 0.126 e. The van der Waals surface area contributed by atoms with Gasteiger partial charge in [-0.1, -0.05) is 72.1 Å². The molecule has 0 radical (unpaired) electrons. The third-order valence-corrected chi connectivity index (χ3v) is 7.10. The zero-order valence-corrected chi connectivity index (χ0v) is 11.8. The number of ether oxygens (including phenoxy) is 1. The molecule has 0 unspecified atom stereocenters. The van der Waals surface area contributed by atoms with Gasteiger partial charge in [-0.2, -0.15) is 0 Å². The highest BCUT2D eigenvalue weighted by Gasteiger charge is 2.59. The molecule has 0 aromatic heterocycles. The van der Waals surface area contributed by atoms with Crippen molar-refractivity contribution in [2.45, 2.75) is 20.3 Å². The van der Waals surface area contributed by atoms with Gasteiger partial charge in [0, 0.05) is 0 Å². The van der Waals surface area contributed by atoms with Gasteiger partial charge in [0.05, 0.1) is 10.9 Å². The first-order valence-corrected chi connectivity index (χ1v) is 6.88. The average molecular weight is 383 g/mol. The Morgan fingerprint density at radius 2 is 1.79 bits per heavy atom. The van der Waals surface area contributed by atoms with E-state index in [4.69, 9.17) is 4.74 Å². The molecule has 74 valence electrons. The van der Waals surface area contributed by atoms with Crippen molar-refractivity contribution in [1.29, 1.82) is 0 Å². The highest BCUT2D eigenvalue weighted by atomic mass is 79.9. The number of benzene rings is 1. The smallest absolute Gasteiger partial charge is 0.126 e. The van der Waals surface area contributed by atoms with Crippen molar-refractivity contribution in [3.8, 4) is 0 Å². The normalized spacial score (nSPS) is 37.2. The lowest BCUT2D eigenvalue weighted by atomic mass is 9.92. The molecular weight excluding hydrogens is 376 g/mol. The van der Waals surface area contributed by atoms with E-state index in [-0.39, 0.29) is 20.3 Å². The van der Waals surface area contributed by atoms with Crippen molar-refractivity contribution in [2.24, 2.45) is 0 Å². The van der Waals surface area contributed by atoms with Gasteiger partial charge in [0.25, 0.3) is 0 Å². The molecule has 1 fully saturated rings. The SMILES string of the molecule is Br[C@H]1[C@H]2O[C@H](c3ccccc32)C1(Br)Br. The van der Waals surface area contributed by atoms with Gasteiger partial charge < -0.3 is 4.74 Å². The predicted octanol–water partition coefficient (Wildman–Crippen LogP) is 4.06. The molecule has 2 aliphatic rings. The molecule has 0 amide bonds. The highest BCUT2D eigenvalue weighted by Crippen LogP contribution is 2.64. The monoisotopic (exact) mass is 380 g/mol. The third kappa shape index (κ3) is 1.09. The molecule has 0 N–H and O–H groups in total. The van der Waals surface area contributed by atoms with Gasteiger partial charge >= 0.3 is 0 Å². The van der Waals surface area contributed by atoms with E-state index in [9.17, 15) is 0 Å². The highest BCUT2D eigenvalue weighted by molar-refractivity contribution is 9.26. The van der Waals surface area contributed by atoms with Gasteiger partial charge in [-0.3, -0.25) is 0 Å². The minimum absolute atomic E-state index is 0.105. The van der Waals surface area contributed by atoms with Gasteiger partial charge in [-0.05, 0) is 11.1 Å². The van der Waals surface area contributed by atoms with E-state index < -0.39 is 0 Å². The van der Waals surface area contributed by atoms with E-state index in [1.807, 2.05) is 0 Å². The Labute approximate surface area is 108 Å². The zero-order valence-electron chi connectivity index (χ0n) is 7.08. The molecule has 0 saturated carbocycles. The predicted molar refractivity (Wildman–Crippen MR) is 66.3 cm³/mol. The molecule has 1 aromatic rings. The summed E-state index contributed by atoms with van der Waals surface area (Å²) in [7, 11) is 0. The molecule has 1 nitrogen and oxygen atoms in total. The first kappa shape index (κ1) is 9.82. The quantitative estimate of drug-likeness (QED) is 0.615. The number of alkyl halides is 3. The van der Waals surface area contributed by atoms with Crippen LogP contribution in [0.15, 0.2) is 24.3 Å². The minimum Gasteiger partial charge on any atom is -0.362 e. The third-order valence-electron chi connectivity index (χ3n) is 2.85. The molecule has 14 heavy (non-hydrogen) atoms. The number of fused-ring (bicyclic) bond motifs is 5. The number of hydrogen-bond acceptors (Lipinski definition) is 1. The summed E-state index contributed by atoms with van der Waals surface area (Å²) >= 11 is 11.0. The summed E-state index contributed by atoms with van der Waals surface area (Å²) in [5, 5.41) is 0. The zero-order chi connectivity index (χ0) is 9.92. The fraction of sp³-hybridized carbons (Fsp3) is 0.400. The summed E-state index contributed by atoms with van der Waals surface area (Å²) in [5.74, 6) is 0. The standard InChI is InChI=1S/C10H7Br3O/c11-8-7-5-3-1-2-4-6(5)9(14-7)10(8,12)13/h1-4,7-9H/t7-,8-,9+/m0/s1. The molecule has 3 atom stereocenters. The van der Waals surface area contributed by atoms with Crippen LogP contribution in [-0.4, -0.2) is 8.06 Å². The van der Waals surface area contributed by atoms with E-state index in [0.717, 1.165) is 0 Å². The molecule has 3 rings (SSSR count). The Balaban J connectivity index is 2.19. The van der Waals surface area contributed by atoms with Crippen LogP contribution < -0.4 is 0 Å². The van der Waals surface area contributed by atoms with Crippen LogP contribution in [0.5, 0.6) is 0 Å². The van der Waals surface area contributed by atoms with Crippen LogP contribution >= 0.6 is 47.8 Å². The summed E-state index contributed by atoms with van der Waals surface area (Å²) in [6.07, 6.45) is 0.267. The average Bonchev–Trinajstić information content (AvgIpc) is 2.64.